The van der Waals surface area contributed by atoms with E-state index >= 15 is 0 Å². The maximum atomic E-state index is 12.1. The molecular formula is C14H16N2O2. The SMILES string of the molecule is O=C=Nc1ccccc1C(=O)NC1CCCCC1. The molecule has 1 aromatic rings. The fourth-order valence-electron chi connectivity index (χ4n) is 2.32. The average molecular weight is 244 g/mol. The molecule has 1 aromatic carbocycles. The Bertz CT molecular complexity index is 472. The number of isocyanates is 1. The predicted molar refractivity (Wildman–Crippen MR) is 68.6 cm³/mol. The summed E-state index contributed by atoms with van der Waals surface area (Å²) in [4.78, 5) is 26.0. The zero-order valence-electron chi connectivity index (χ0n) is 10.2. The van der Waals surface area contributed by atoms with Gasteiger partial charge in [0.1, 0.15) is 0 Å². The zero-order chi connectivity index (χ0) is 12.8. The lowest BCUT2D eigenvalue weighted by molar-refractivity contribution is 0.0928. The monoisotopic (exact) mass is 244 g/mol. The van der Waals surface area contributed by atoms with Crippen LogP contribution in [0.1, 0.15) is 42.5 Å². The van der Waals surface area contributed by atoms with E-state index in [1.54, 1.807) is 24.3 Å². The van der Waals surface area contributed by atoms with Gasteiger partial charge in [0.15, 0.2) is 0 Å². The van der Waals surface area contributed by atoms with E-state index in [0.29, 0.717) is 11.3 Å². The van der Waals surface area contributed by atoms with Gasteiger partial charge < -0.3 is 5.32 Å². The number of carbonyl (C=O) groups excluding carboxylic acids is 2. The Labute approximate surface area is 106 Å². The summed E-state index contributed by atoms with van der Waals surface area (Å²) in [5, 5.41) is 3.01. The first-order valence-corrected chi connectivity index (χ1v) is 6.29. The molecular weight excluding hydrogens is 228 g/mol. The summed E-state index contributed by atoms with van der Waals surface area (Å²) in [7, 11) is 0. The van der Waals surface area contributed by atoms with Crippen LogP contribution in [0.2, 0.25) is 0 Å². The second kappa shape index (κ2) is 6.12. The van der Waals surface area contributed by atoms with Gasteiger partial charge in [-0.1, -0.05) is 31.4 Å². The van der Waals surface area contributed by atoms with Gasteiger partial charge >= 0.3 is 0 Å². The largest absolute Gasteiger partial charge is 0.349 e. The van der Waals surface area contributed by atoms with Crippen molar-refractivity contribution in [2.75, 3.05) is 0 Å². The zero-order valence-corrected chi connectivity index (χ0v) is 10.2. The third-order valence-corrected chi connectivity index (χ3v) is 3.26. The van der Waals surface area contributed by atoms with Crippen LogP contribution in [-0.2, 0) is 4.79 Å². The van der Waals surface area contributed by atoms with Gasteiger partial charge in [0.2, 0.25) is 6.08 Å². The minimum absolute atomic E-state index is 0.156. The van der Waals surface area contributed by atoms with Crippen molar-refractivity contribution in [1.82, 2.24) is 5.32 Å². The van der Waals surface area contributed by atoms with Crippen LogP contribution in [-0.4, -0.2) is 18.0 Å². The molecule has 0 unspecified atom stereocenters. The Hall–Kier alpha value is -1.93. The minimum atomic E-state index is -0.156. The molecule has 4 nitrogen and oxygen atoms in total. The van der Waals surface area contributed by atoms with Crippen molar-refractivity contribution >= 4 is 17.7 Å². The van der Waals surface area contributed by atoms with Gasteiger partial charge in [-0.15, -0.1) is 0 Å². The van der Waals surface area contributed by atoms with Gasteiger partial charge in [-0.2, -0.15) is 4.99 Å². The second-order valence-corrected chi connectivity index (χ2v) is 4.53. The molecule has 1 fully saturated rings. The Balaban J connectivity index is 2.10. The van der Waals surface area contributed by atoms with Crippen molar-refractivity contribution < 1.29 is 9.59 Å². The van der Waals surface area contributed by atoms with Gasteiger partial charge in [-0.25, -0.2) is 4.79 Å². The molecule has 1 N–H and O–H groups in total. The van der Waals surface area contributed by atoms with E-state index in [1.807, 2.05) is 0 Å². The number of carbonyl (C=O) groups is 1. The summed E-state index contributed by atoms with van der Waals surface area (Å²) < 4.78 is 0. The third kappa shape index (κ3) is 3.05. The lowest BCUT2D eigenvalue weighted by atomic mass is 9.95. The van der Waals surface area contributed by atoms with Gasteiger partial charge in [0.05, 0.1) is 11.3 Å². The topological polar surface area (TPSA) is 58.5 Å². The van der Waals surface area contributed by atoms with E-state index in [2.05, 4.69) is 10.3 Å². The Morgan fingerprint density at radius 2 is 1.94 bits per heavy atom. The smallest absolute Gasteiger partial charge is 0.253 e. The highest BCUT2D eigenvalue weighted by molar-refractivity contribution is 5.99. The maximum Gasteiger partial charge on any atom is 0.253 e. The molecule has 2 rings (SSSR count). The predicted octanol–water partition coefficient (Wildman–Crippen LogP) is 2.72. The fraction of sp³-hybridized carbons (Fsp3) is 0.429. The van der Waals surface area contributed by atoms with Crippen molar-refractivity contribution in [3.63, 3.8) is 0 Å². The lowest BCUT2D eigenvalue weighted by Gasteiger charge is -2.22. The highest BCUT2D eigenvalue weighted by atomic mass is 16.1. The summed E-state index contributed by atoms with van der Waals surface area (Å²) in [5.41, 5.74) is 0.812. The van der Waals surface area contributed by atoms with E-state index in [-0.39, 0.29) is 11.9 Å². The van der Waals surface area contributed by atoms with Crippen LogP contribution in [0.4, 0.5) is 5.69 Å². The summed E-state index contributed by atoms with van der Waals surface area (Å²) >= 11 is 0. The Morgan fingerprint density at radius 1 is 1.22 bits per heavy atom. The van der Waals surface area contributed by atoms with Crippen molar-refractivity contribution in [1.29, 1.82) is 0 Å². The quantitative estimate of drug-likeness (QED) is 0.656. The van der Waals surface area contributed by atoms with Gasteiger partial charge in [-0.05, 0) is 25.0 Å². The number of nitrogens with one attached hydrogen (secondary N) is 1. The molecule has 1 amide bonds. The first kappa shape index (κ1) is 12.5. The van der Waals surface area contributed by atoms with Crippen LogP contribution < -0.4 is 5.32 Å². The Kier molecular flexibility index (Phi) is 4.26. The summed E-state index contributed by atoms with van der Waals surface area (Å²) in [6.07, 6.45) is 7.12. The number of aliphatic imine (C=N–C) groups is 1. The molecule has 1 aliphatic carbocycles. The number of para-hydroxylation sites is 1. The Morgan fingerprint density at radius 3 is 2.67 bits per heavy atom. The molecule has 0 spiro atoms. The number of hydrogen-bond acceptors (Lipinski definition) is 3. The molecule has 0 atom stereocenters. The highest BCUT2D eigenvalue weighted by Crippen LogP contribution is 2.21. The lowest BCUT2D eigenvalue weighted by Crippen LogP contribution is -2.36. The summed E-state index contributed by atoms with van der Waals surface area (Å²) in [5.74, 6) is -0.156. The van der Waals surface area contributed by atoms with E-state index in [9.17, 15) is 9.59 Å². The van der Waals surface area contributed by atoms with E-state index in [0.717, 1.165) is 12.8 Å². The molecule has 94 valence electrons. The van der Waals surface area contributed by atoms with Gasteiger partial charge in [0, 0.05) is 6.04 Å². The normalized spacial score (nSPS) is 15.8. The average Bonchev–Trinajstić information content (AvgIpc) is 2.41. The molecule has 1 aliphatic rings. The van der Waals surface area contributed by atoms with Crippen molar-refractivity contribution in [3.8, 4) is 0 Å². The first-order chi connectivity index (χ1) is 8.81. The van der Waals surface area contributed by atoms with Gasteiger partial charge in [0.25, 0.3) is 5.91 Å². The van der Waals surface area contributed by atoms with Crippen LogP contribution in [0.3, 0.4) is 0 Å². The molecule has 1 saturated carbocycles. The van der Waals surface area contributed by atoms with E-state index in [4.69, 9.17) is 0 Å². The number of benzene rings is 1. The van der Waals surface area contributed by atoms with Crippen LogP contribution >= 0.6 is 0 Å². The van der Waals surface area contributed by atoms with Crippen molar-refractivity contribution in [3.05, 3.63) is 29.8 Å². The summed E-state index contributed by atoms with van der Waals surface area (Å²) in [6, 6.07) is 7.07. The van der Waals surface area contributed by atoms with Crippen molar-refractivity contribution in [2.24, 2.45) is 4.99 Å². The maximum absolute atomic E-state index is 12.1. The van der Waals surface area contributed by atoms with E-state index in [1.165, 1.54) is 25.3 Å². The highest BCUT2D eigenvalue weighted by Gasteiger charge is 2.18. The standard InChI is InChI=1S/C14H16N2O2/c17-10-15-13-9-5-4-8-12(13)14(18)16-11-6-2-1-3-7-11/h4-5,8-9,11H,1-3,6-7H2,(H,16,18). The third-order valence-electron chi connectivity index (χ3n) is 3.26. The molecule has 0 saturated heterocycles. The molecule has 0 radical (unpaired) electrons. The molecule has 0 aliphatic heterocycles. The molecule has 18 heavy (non-hydrogen) atoms. The second-order valence-electron chi connectivity index (χ2n) is 4.53. The number of rotatable bonds is 3. The number of hydrogen-bond donors (Lipinski definition) is 1. The molecule has 4 heteroatoms. The molecule has 0 heterocycles. The molecule has 0 bridgehead atoms. The fourth-order valence-corrected chi connectivity index (χ4v) is 2.32. The van der Waals surface area contributed by atoms with Crippen LogP contribution in [0, 0.1) is 0 Å². The van der Waals surface area contributed by atoms with Crippen LogP contribution in [0.25, 0.3) is 0 Å². The van der Waals surface area contributed by atoms with Crippen LogP contribution in [0.15, 0.2) is 29.3 Å². The van der Waals surface area contributed by atoms with E-state index < -0.39 is 0 Å². The minimum Gasteiger partial charge on any atom is -0.349 e. The summed E-state index contributed by atoms with van der Waals surface area (Å²) in [6.45, 7) is 0. The van der Waals surface area contributed by atoms with Crippen LogP contribution in [0.5, 0.6) is 0 Å². The number of amides is 1. The molecule has 0 aromatic heterocycles. The van der Waals surface area contributed by atoms with Crippen molar-refractivity contribution in [2.45, 2.75) is 38.1 Å². The number of nitrogens with zero attached hydrogens (tertiary/aromatic N) is 1. The first-order valence-electron chi connectivity index (χ1n) is 6.29. The van der Waals surface area contributed by atoms with Gasteiger partial charge in [-0.3, -0.25) is 4.79 Å².